The van der Waals surface area contributed by atoms with E-state index in [1.807, 2.05) is 4.90 Å². The summed E-state index contributed by atoms with van der Waals surface area (Å²) in [5.41, 5.74) is -0.104. The molecule has 0 aromatic heterocycles. The minimum absolute atomic E-state index is 0.0132. The van der Waals surface area contributed by atoms with Gasteiger partial charge in [-0.05, 0) is 31.0 Å². The van der Waals surface area contributed by atoms with Crippen LogP contribution >= 0.6 is 0 Å². The van der Waals surface area contributed by atoms with Crippen LogP contribution in [-0.4, -0.2) is 55.4 Å². The second-order valence-electron chi connectivity index (χ2n) is 5.90. The van der Waals surface area contributed by atoms with Gasteiger partial charge in [0, 0.05) is 38.4 Å². The zero-order chi connectivity index (χ0) is 17.7. The Hall–Kier alpha value is -1.96. The van der Waals surface area contributed by atoms with E-state index in [0.29, 0.717) is 31.6 Å². The summed E-state index contributed by atoms with van der Waals surface area (Å²) in [5, 5.41) is 11.7. The predicted molar refractivity (Wildman–Crippen MR) is 84.9 cm³/mol. The van der Waals surface area contributed by atoms with Crippen molar-refractivity contribution >= 4 is 11.7 Å². The molecule has 0 aliphatic carbocycles. The first-order valence-electron chi connectivity index (χ1n) is 7.86. The third-order valence-corrected chi connectivity index (χ3v) is 4.14. The van der Waals surface area contributed by atoms with Crippen LogP contribution in [0.25, 0.3) is 0 Å². The minimum Gasteiger partial charge on any atom is -0.395 e. The number of nitrogens with one attached hydrogen (secondary N) is 1. The van der Waals surface area contributed by atoms with Crippen molar-refractivity contribution in [2.24, 2.45) is 0 Å². The number of rotatable bonds is 4. The van der Waals surface area contributed by atoms with Gasteiger partial charge in [-0.15, -0.1) is 0 Å². The molecule has 1 aliphatic heterocycles. The van der Waals surface area contributed by atoms with Gasteiger partial charge >= 0.3 is 12.2 Å². The molecule has 2 rings (SSSR count). The highest BCUT2D eigenvalue weighted by Crippen LogP contribution is 2.32. The second kappa shape index (κ2) is 7.74. The van der Waals surface area contributed by atoms with E-state index in [9.17, 15) is 18.0 Å². The Morgan fingerprint density at radius 1 is 1.38 bits per heavy atom. The molecule has 0 unspecified atom stereocenters. The average molecular weight is 345 g/mol. The number of aliphatic hydroxyl groups is 1. The number of likely N-dealkylation sites (N-methyl/N-ethyl adjacent to an activating group) is 1. The Balaban J connectivity index is 1.90. The van der Waals surface area contributed by atoms with Crippen molar-refractivity contribution in [3.63, 3.8) is 0 Å². The number of carbonyl (C=O) groups excluding carboxylic acids is 1. The van der Waals surface area contributed by atoms with Crippen LogP contribution in [0.2, 0.25) is 0 Å². The topological polar surface area (TPSA) is 55.8 Å². The number of halogens is 3. The number of benzene rings is 1. The van der Waals surface area contributed by atoms with E-state index < -0.39 is 11.7 Å². The van der Waals surface area contributed by atoms with Gasteiger partial charge in [-0.25, -0.2) is 4.79 Å². The number of piperidine rings is 1. The molecule has 0 spiro atoms. The number of amides is 2. The van der Waals surface area contributed by atoms with Crippen molar-refractivity contribution in [3.05, 3.63) is 29.8 Å². The van der Waals surface area contributed by atoms with E-state index >= 15 is 0 Å². The molecule has 8 heteroatoms. The second-order valence-corrected chi connectivity index (χ2v) is 5.90. The van der Waals surface area contributed by atoms with Gasteiger partial charge in [0.1, 0.15) is 0 Å². The fraction of sp³-hybridized carbons (Fsp3) is 0.562. The molecule has 0 radical (unpaired) electrons. The molecule has 5 nitrogen and oxygen atoms in total. The highest BCUT2D eigenvalue weighted by molar-refractivity contribution is 5.74. The fourth-order valence-electron chi connectivity index (χ4n) is 2.70. The summed E-state index contributed by atoms with van der Waals surface area (Å²) in [6.07, 6.45) is -3.02. The number of urea groups is 1. The van der Waals surface area contributed by atoms with E-state index in [4.69, 9.17) is 5.11 Å². The van der Waals surface area contributed by atoms with Gasteiger partial charge < -0.3 is 20.2 Å². The zero-order valence-corrected chi connectivity index (χ0v) is 13.5. The van der Waals surface area contributed by atoms with Gasteiger partial charge in [0.05, 0.1) is 12.2 Å². The summed E-state index contributed by atoms with van der Waals surface area (Å²) >= 11 is 0. The van der Waals surface area contributed by atoms with E-state index in [0.717, 1.165) is 12.1 Å². The summed E-state index contributed by atoms with van der Waals surface area (Å²) in [5.74, 6) is 0. The Morgan fingerprint density at radius 3 is 2.62 bits per heavy atom. The number of alkyl halides is 3. The van der Waals surface area contributed by atoms with Crippen LogP contribution in [0, 0.1) is 0 Å². The van der Waals surface area contributed by atoms with E-state index in [1.54, 1.807) is 13.1 Å². The van der Waals surface area contributed by atoms with Gasteiger partial charge in [-0.3, -0.25) is 0 Å². The quantitative estimate of drug-likeness (QED) is 0.880. The highest BCUT2D eigenvalue weighted by atomic mass is 19.4. The minimum atomic E-state index is -4.35. The molecule has 1 aromatic carbocycles. The van der Waals surface area contributed by atoms with Crippen LogP contribution in [0.1, 0.15) is 18.4 Å². The molecule has 1 aliphatic rings. The standard InChI is InChI=1S/C16H22F3N3O2/c1-21(9-10-23)15(24)20-13-5-7-22(8-6-13)14-4-2-3-12(11-14)16(17,18)19/h2-4,11,13,23H,5-10H2,1H3,(H,20,24). The van der Waals surface area contributed by atoms with Crippen LogP contribution in [0.15, 0.2) is 24.3 Å². The van der Waals surface area contributed by atoms with Gasteiger partial charge in [0.25, 0.3) is 0 Å². The molecule has 0 bridgehead atoms. The maximum absolute atomic E-state index is 12.8. The highest BCUT2D eigenvalue weighted by Gasteiger charge is 2.31. The summed E-state index contributed by atoms with van der Waals surface area (Å²) in [6, 6.07) is 5.04. The number of hydrogen-bond acceptors (Lipinski definition) is 3. The molecule has 0 saturated carbocycles. The van der Waals surface area contributed by atoms with Gasteiger partial charge in [-0.1, -0.05) is 6.07 Å². The molecule has 2 amide bonds. The zero-order valence-electron chi connectivity index (χ0n) is 13.5. The Kier molecular flexibility index (Phi) is 5.93. The first-order valence-corrected chi connectivity index (χ1v) is 7.86. The lowest BCUT2D eigenvalue weighted by Gasteiger charge is -2.34. The average Bonchev–Trinajstić information content (AvgIpc) is 2.55. The number of nitrogens with zero attached hydrogens (tertiary/aromatic N) is 2. The van der Waals surface area contributed by atoms with Crippen LogP contribution in [0.4, 0.5) is 23.7 Å². The van der Waals surface area contributed by atoms with Crippen molar-refractivity contribution in [1.29, 1.82) is 0 Å². The molecule has 2 N–H and O–H groups in total. The number of hydrogen-bond donors (Lipinski definition) is 2. The predicted octanol–water partition coefficient (Wildman–Crippen LogP) is 2.31. The van der Waals surface area contributed by atoms with Crippen LogP contribution in [-0.2, 0) is 6.18 Å². The lowest BCUT2D eigenvalue weighted by atomic mass is 10.0. The molecule has 1 aromatic rings. The Bertz CT molecular complexity index is 558. The lowest BCUT2D eigenvalue weighted by molar-refractivity contribution is -0.137. The number of anilines is 1. The molecular formula is C16H22F3N3O2. The molecule has 134 valence electrons. The maximum atomic E-state index is 12.8. The van der Waals surface area contributed by atoms with Gasteiger partial charge in [0.15, 0.2) is 0 Å². The van der Waals surface area contributed by atoms with E-state index in [-0.39, 0.29) is 25.2 Å². The third-order valence-electron chi connectivity index (χ3n) is 4.14. The molecule has 1 heterocycles. The molecule has 1 saturated heterocycles. The normalized spacial score (nSPS) is 16.1. The maximum Gasteiger partial charge on any atom is 0.416 e. The van der Waals surface area contributed by atoms with Crippen molar-refractivity contribution < 1.29 is 23.1 Å². The number of carbonyl (C=O) groups is 1. The first kappa shape index (κ1) is 18.4. The van der Waals surface area contributed by atoms with Gasteiger partial charge in [-0.2, -0.15) is 13.2 Å². The SMILES string of the molecule is CN(CCO)C(=O)NC1CCN(c2cccc(C(F)(F)F)c2)CC1. The molecule has 0 atom stereocenters. The third kappa shape index (κ3) is 4.77. The first-order chi connectivity index (χ1) is 11.3. The van der Waals surface area contributed by atoms with Crippen molar-refractivity contribution in [2.45, 2.75) is 25.1 Å². The van der Waals surface area contributed by atoms with Crippen LogP contribution in [0.3, 0.4) is 0 Å². The van der Waals surface area contributed by atoms with Crippen molar-refractivity contribution in [3.8, 4) is 0 Å². The largest absolute Gasteiger partial charge is 0.416 e. The van der Waals surface area contributed by atoms with Crippen molar-refractivity contribution in [2.75, 3.05) is 38.2 Å². The van der Waals surface area contributed by atoms with Gasteiger partial charge in [0.2, 0.25) is 0 Å². The van der Waals surface area contributed by atoms with Crippen molar-refractivity contribution in [1.82, 2.24) is 10.2 Å². The molecule has 1 fully saturated rings. The molecular weight excluding hydrogens is 323 g/mol. The van der Waals surface area contributed by atoms with Crippen LogP contribution < -0.4 is 10.2 Å². The smallest absolute Gasteiger partial charge is 0.395 e. The molecule has 24 heavy (non-hydrogen) atoms. The summed E-state index contributed by atoms with van der Waals surface area (Å²) in [4.78, 5) is 15.2. The Morgan fingerprint density at radius 2 is 2.04 bits per heavy atom. The fourth-order valence-corrected chi connectivity index (χ4v) is 2.70. The summed E-state index contributed by atoms with van der Waals surface area (Å²) in [6.45, 7) is 1.32. The lowest BCUT2D eigenvalue weighted by Crippen LogP contribution is -2.48. The van der Waals surface area contributed by atoms with E-state index in [1.165, 1.54) is 11.0 Å². The monoisotopic (exact) mass is 345 g/mol. The summed E-state index contributed by atoms with van der Waals surface area (Å²) in [7, 11) is 1.60. The summed E-state index contributed by atoms with van der Waals surface area (Å²) < 4.78 is 38.4. The number of aliphatic hydroxyl groups excluding tert-OH is 1. The van der Waals surface area contributed by atoms with E-state index in [2.05, 4.69) is 5.32 Å². The van der Waals surface area contributed by atoms with Crippen LogP contribution in [0.5, 0.6) is 0 Å². The Labute approximate surface area is 139 Å².